The molecule has 1 aliphatic heterocycles. The highest BCUT2D eigenvalue weighted by Gasteiger charge is 2.34. The first-order chi connectivity index (χ1) is 12.7. The zero-order valence-corrected chi connectivity index (χ0v) is 14.9. The normalized spacial score (nSPS) is 16.6. The Kier molecular flexibility index (Phi) is 5.84. The largest absolute Gasteiger partial charge is 0.478 e. The van der Waals surface area contributed by atoms with Crippen LogP contribution < -0.4 is 10.1 Å². The number of carbonyl (C=O) groups is 2. The summed E-state index contributed by atoms with van der Waals surface area (Å²) in [5.41, 5.74) is 1.90. The van der Waals surface area contributed by atoms with Crippen molar-refractivity contribution in [3.05, 3.63) is 59.8 Å². The molecule has 0 bridgehead atoms. The highest BCUT2D eigenvalue weighted by molar-refractivity contribution is 5.89. The number of aromatic nitrogens is 1. The zero-order valence-electron chi connectivity index (χ0n) is 14.9. The number of hydrogen-bond donors (Lipinski definition) is 1. The maximum Gasteiger partial charge on any atom is 0.225 e. The summed E-state index contributed by atoms with van der Waals surface area (Å²) in [6, 6.07) is 13.5. The van der Waals surface area contributed by atoms with Crippen LogP contribution in [0.2, 0.25) is 0 Å². The molecule has 0 aliphatic carbocycles. The summed E-state index contributed by atoms with van der Waals surface area (Å²) in [6.45, 7) is 3.74. The monoisotopic (exact) mass is 353 g/mol. The Bertz CT molecular complexity index is 764. The van der Waals surface area contributed by atoms with Crippen molar-refractivity contribution in [2.75, 3.05) is 13.2 Å². The number of nitrogens with one attached hydrogen (secondary N) is 1. The second-order valence-electron chi connectivity index (χ2n) is 6.28. The zero-order chi connectivity index (χ0) is 18.4. The van der Waals surface area contributed by atoms with E-state index >= 15 is 0 Å². The molecule has 0 spiro atoms. The Labute approximate surface area is 153 Å². The molecule has 1 atom stereocenters. The van der Waals surface area contributed by atoms with Gasteiger partial charge in [-0.3, -0.25) is 9.59 Å². The molecular weight excluding hydrogens is 330 g/mol. The summed E-state index contributed by atoms with van der Waals surface area (Å²) in [4.78, 5) is 30.6. The van der Waals surface area contributed by atoms with Gasteiger partial charge in [-0.05, 0) is 18.6 Å². The molecule has 2 aromatic rings. The molecule has 0 radical (unpaired) electrons. The van der Waals surface area contributed by atoms with Gasteiger partial charge in [0.2, 0.25) is 17.7 Å². The SMILES string of the molecule is CCOc1ncccc1CNC(=O)C1CC(=O)N(Cc2ccccc2)C1. The molecule has 26 heavy (non-hydrogen) atoms. The lowest BCUT2D eigenvalue weighted by Crippen LogP contribution is -2.32. The van der Waals surface area contributed by atoms with E-state index in [4.69, 9.17) is 4.74 Å². The fourth-order valence-electron chi connectivity index (χ4n) is 3.06. The van der Waals surface area contributed by atoms with E-state index in [0.29, 0.717) is 32.1 Å². The number of hydrogen-bond acceptors (Lipinski definition) is 4. The van der Waals surface area contributed by atoms with E-state index in [1.54, 1.807) is 11.1 Å². The van der Waals surface area contributed by atoms with Gasteiger partial charge in [-0.25, -0.2) is 4.98 Å². The Balaban J connectivity index is 1.55. The summed E-state index contributed by atoms with van der Waals surface area (Å²) < 4.78 is 5.47. The summed E-state index contributed by atoms with van der Waals surface area (Å²) in [7, 11) is 0. The second-order valence-corrected chi connectivity index (χ2v) is 6.28. The molecule has 6 heteroatoms. The van der Waals surface area contributed by atoms with Crippen LogP contribution in [0.4, 0.5) is 0 Å². The molecule has 2 amide bonds. The van der Waals surface area contributed by atoms with E-state index in [1.807, 2.05) is 49.4 Å². The summed E-state index contributed by atoms with van der Waals surface area (Å²) in [5, 5.41) is 2.91. The lowest BCUT2D eigenvalue weighted by atomic mass is 10.1. The summed E-state index contributed by atoms with van der Waals surface area (Å²) in [5.74, 6) is 0.118. The molecule has 136 valence electrons. The van der Waals surface area contributed by atoms with Crippen molar-refractivity contribution < 1.29 is 14.3 Å². The van der Waals surface area contributed by atoms with Crippen LogP contribution in [-0.4, -0.2) is 34.8 Å². The van der Waals surface area contributed by atoms with Gasteiger partial charge < -0.3 is 15.0 Å². The minimum atomic E-state index is -0.321. The Morgan fingerprint density at radius 3 is 2.85 bits per heavy atom. The van der Waals surface area contributed by atoms with Crippen molar-refractivity contribution in [2.45, 2.75) is 26.4 Å². The fraction of sp³-hybridized carbons (Fsp3) is 0.350. The quantitative estimate of drug-likeness (QED) is 0.828. The molecule has 1 aromatic heterocycles. The molecule has 6 nitrogen and oxygen atoms in total. The van der Waals surface area contributed by atoms with Crippen molar-refractivity contribution in [2.24, 2.45) is 5.92 Å². The molecule has 1 aromatic carbocycles. The number of ether oxygens (including phenoxy) is 1. The standard InChI is InChI=1S/C20H23N3O3/c1-2-26-20-16(9-6-10-21-20)12-22-19(25)17-11-18(24)23(14-17)13-15-7-4-3-5-8-15/h3-10,17H,2,11-14H2,1H3,(H,22,25). The first kappa shape index (κ1) is 17.9. The average Bonchev–Trinajstić information content (AvgIpc) is 3.02. The van der Waals surface area contributed by atoms with Gasteiger partial charge in [-0.2, -0.15) is 0 Å². The third-order valence-corrected chi connectivity index (χ3v) is 4.39. The maximum atomic E-state index is 12.5. The fourth-order valence-corrected chi connectivity index (χ4v) is 3.06. The average molecular weight is 353 g/mol. The van der Waals surface area contributed by atoms with Gasteiger partial charge in [0, 0.05) is 37.8 Å². The van der Waals surface area contributed by atoms with Gasteiger partial charge in [0.15, 0.2) is 0 Å². The first-order valence-electron chi connectivity index (χ1n) is 8.83. The van der Waals surface area contributed by atoms with Crippen molar-refractivity contribution in [1.29, 1.82) is 0 Å². The third-order valence-electron chi connectivity index (χ3n) is 4.39. The summed E-state index contributed by atoms with van der Waals surface area (Å²) >= 11 is 0. The highest BCUT2D eigenvalue weighted by Crippen LogP contribution is 2.21. The topological polar surface area (TPSA) is 71.5 Å². The number of nitrogens with zero attached hydrogens (tertiary/aromatic N) is 2. The van der Waals surface area contributed by atoms with E-state index in [9.17, 15) is 9.59 Å². The molecule has 1 N–H and O–H groups in total. The van der Waals surface area contributed by atoms with Crippen molar-refractivity contribution >= 4 is 11.8 Å². The minimum absolute atomic E-state index is 0.0189. The van der Waals surface area contributed by atoms with E-state index < -0.39 is 0 Å². The summed E-state index contributed by atoms with van der Waals surface area (Å²) in [6.07, 6.45) is 1.91. The van der Waals surface area contributed by atoms with E-state index in [1.165, 1.54) is 0 Å². The molecule has 1 saturated heterocycles. The molecule has 3 rings (SSSR count). The van der Waals surface area contributed by atoms with Gasteiger partial charge >= 0.3 is 0 Å². The molecule has 0 saturated carbocycles. The Morgan fingerprint density at radius 1 is 1.27 bits per heavy atom. The van der Waals surface area contributed by atoms with Crippen LogP contribution in [-0.2, 0) is 22.7 Å². The van der Waals surface area contributed by atoms with E-state index in [2.05, 4.69) is 10.3 Å². The predicted molar refractivity (Wildman–Crippen MR) is 97.2 cm³/mol. The molecular formula is C20H23N3O3. The van der Waals surface area contributed by atoms with Gasteiger partial charge in [0.05, 0.1) is 12.5 Å². The third kappa shape index (κ3) is 4.39. The number of benzene rings is 1. The number of rotatable bonds is 7. The Hall–Kier alpha value is -2.89. The van der Waals surface area contributed by atoms with Gasteiger partial charge in [-0.1, -0.05) is 36.4 Å². The smallest absolute Gasteiger partial charge is 0.225 e. The minimum Gasteiger partial charge on any atom is -0.478 e. The first-order valence-corrected chi connectivity index (χ1v) is 8.83. The number of likely N-dealkylation sites (tertiary alicyclic amines) is 1. The maximum absolute atomic E-state index is 12.5. The van der Waals surface area contributed by atoms with Crippen LogP contribution in [0.1, 0.15) is 24.5 Å². The molecule has 2 heterocycles. The second kappa shape index (κ2) is 8.47. The van der Waals surface area contributed by atoms with Gasteiger partial charge in [0.1, 0.15) is 0 Å². The van der Waals surface area contributed by atoms with Crippen molar-refractivity contribution in [3.63, 3.8) is 0 Å². The molecule has 1 unspecified atom stereocenters. The Morgan fingerprint density at radius 2 is 2.08 bits per heavy atom. The van der Waals surface area contributed by atoms with Gasteiger partial charge in [0.25, 0.3) is 0 Å². The number of carbonyl (C=O) groups excluding carboxylic acids is 2. The highest BCUT2D eigenvalue weighted by atomic mass is 16.5. The number of amides is 2. The van der Waals surface area contributed by atoms with Crippen LogP contribution >= 0.6 is 0 Å². The molecule has 1 fully saturated rings. The van der Waals surface area contributed by atoms with Crippen LogP contribution in [0.3, 0.4) is 0 Å². The van der Waals surface area contributed by atoms with Crippen LogP contribution in [0.5, 0.6) is 5.88 Å². The van der Waals surface area contributed by atoms with Crippen LogP contribution in [0.25, 0.3) is 0 Å². The molecule has 1 aliphatic rings. The van der Waals surface area contributed by atoms with E-state index in [0.717, 1.165) is 11.1 Å². The lowest BCUT2D eigenvalue weighted by Gasteiger charge is -2.17. The van der Waals surface area contributed by atoms with Crippen molar-refractivity contribution in [1.82, 2.24) is 15.2 Å². The van der Waals surface area contributed by atoms with Crippen molar-refractivity contribution in [3.8, 4) is 5.88 Å². The predicted octanol–water partition coefficient (Wildman–Crippen LogP) is 2.15. The van der Waals surface area contributed by atoms with Crippen LogP contribution in [0.15, 0.2) is 48.7 Å². The van der Waals surface area contributed by atoms with Gasteiger partial charge in [-0.15, -0.1) is 0 Å². The number of pyridine rings is 1. The van der Waals surface area contributed by atoms with E-state index in [-0.39, 0.29) is 24.2 Å². The van der Waals surface area contributed by atoms with Crippen LogP contribution in [0, 0.1) is 5.92 Å². The lowest BCUT2D eigenvalue weighted by molar-refractivity contribution is -0.129.